The number of hydrogen-bond acceptors (Lipinski definition) is 6. The van der Waals surface area contributed by atoms with Gasteiger partial charge in [0.25, 0.3) is 0 Å². The first-order valence-electron chi connectivity index (χ1n) is 11.1. The van der Waals surface area contributed by atoms with E-state index in [1.165, 1.54) is 35.1 Å². The fourth-order valence-corrected chi connectivity index (χ4v) is 4.14. The van der Waals surface area contributed by atoms with Gasteiger partial charge in [0, 0.05) is 41.0 Å². The van der Waals surface area contributed by atoms with E-state index in [9.17, 15) is 8.78 Å². The van der Waals surface area contributed by atoms with Crippen molar-refractivity contribution in [1.82, 2.24) is 20.2 Å². The summed E-state index contributed by atoms with van der Waals surface area (Å²) in [5.74, 6) is 0.404. The third-order valence-corrected chi connectivity index (χ3v) is 6.44. The van der Waals surface area contributed by atoms with Gasteiger partial charge in [-0.1, -0.05) is 6.58 Å². The maximum atomic E-state index is 14.8. The largest absolute Gasteiger partial charge is 0.328 e. The first-order chi connectivity index (χ1) is 16.8. The monoisotopic (exact) mass is 495 g/mol. The van der Waals surface area contributed by atoms with E-state index in [-0.39, 0.29) is 11.6 Å². The van der Waals surface area contributed by atoms with Gasteiger partial charge in [0.1, 0.15) is 23.7 Å². The zero-order chi connectivity index (χ0) is 25.1. The number of aryl methyl sites for hydroxylation is 1. The highest BCUT2D eigenvalue weighted by molar-refractivity contribution is 7.98. The summed E-state index contributed by atoms with van der Waals surface area (Å²) in [6, 6.07) is 6.29. The van der Waals surface area contributed by atoms with Gasteiger partial charge < -0.3 is 10.2 Å². The van der Waals surface area contributed by atoms with Gasteiger partial charge in [-0.05, 0) is 57.1 Å². The van der Waals surface area contributed by atoms with Crippen LogP contribution in [0.5, 0.6) is 0 Å². The number of thioether (sulfide) groups is 1. The van der Waals surface area contributed by atoms with E-state index in [4.69, 9.17) is 4.99 Å². The van der Waals surface area contributed by atoms with E-state index >= 15 is 0 Å². The van der Waals surface area contributed by atoms with Crippen LogP contribution in [-0.2, 0) is 0 Å². The molecular formula is C25H27F2N7S. The highest BCUT2D eigenvalue weighted by Crippen LogP contribution is 2.44. The number of nitrogens with one attached hydrogen (secondary N) is 2. The van der Waals surface area contributed by atoms with Gasteiger partial charge >= 0.3 is 0 Å². The summed E-state index contributed by atoms with van der Waals surface area (Å²) in [6.45, 7) is 7.89. The SMILES string of the molecule is C=C(/C(=C(\N=C(/C)N(C)c1c(F)cc(SC)cc1F)Nc1cc(C)[nH]n1)C1CC1)c1ccncn1. The fourth-order valence-electron chi connectivity index (χ4n) is 3.70. The lowest BCUT2D eigenvalue weighted by Gasteiger charge is -2.22. The van der Waals surface area contributed by atoms with Crippen LogP contribution in [0.1, 0.15) is 31.2 Å². The van der Waals surface area contributed by atoms with Crippen LogP contribution >= 0.6 is 11.8 Å². The van der Waals surface area contributed by atoms with Crippen molar-refractivity contribution in [2.45, 2.75) is 31.6 Å². The fraction of sp³-hybridized carbons (Fsp3) is 0.280. The molecule has 10 heteroatoms. The zero-order valence-electron chi connectivity index (χ0n) is 20.1. The van der Waals surface area contributed by atoms with Gasteiger partial charge in [0.05, 0.1) is 5.69 Å². The number of hydrogen-bond donors (Lipinski definition) is 2. The predicted molar refractivity (Wildman–Crippen MR) is 137 cm³/mol. The first-order valence-corrected chi connectivity index (χ1v) is 12.3. The number of H-pyrrole nitrogens is 1. The molecule has 1 aliphatic carbocycles. The maximum absolute atomic E-state index is 14.8. The molecule has 0 saturated heterocycles. The molecule has 0 amide bonds. The van der Waals surface area contributed by atoms with Crippen LogP contribution in [0.4, 0.5) is 20.3 Å². The Kier molecular flexibility index (Phi) is 7.30. The Bertz CT molecular complexity index is 1270. The lowest BCUT2D eigenvalue weighted by Crippen LogP contribution is -2.26. The van der Waals surface area contributed by atoms with E-state index in [2.05, 4.69) is 32.1 Å². The Hall–Kier alpha value is -3.53. The quantitative estimate of drug-likeness (QED) is 0.178. The molecule has 0 atom stereocenters. The standard InChI is InChI=1S/C25H27F2N7S/c1-14-10-22(33-32-14)31-25(23(17-6-7-17)15(2)21-8-9-28-13-29-21)30-16(3)34(4)24-19(26)11-18(35-5)12-20(24)27/h8-13,17H,2,6-7H2,1,3-5H3,(H2,31,32,33)/b25-23-,30-16+. The lowest BCUT2D eigenvalue weighted by molar-refractivity contribution is 0.579. The lowest BCUT2D eigenvalue weighted by atomic mass is 9.99. The molecule has 4 rings (SSSR count). The van der Waals surface area contributed by atoms with Gasteiger partial charge in [-0.15, -0.1) is 11.8 Å². The van der Waals surface area contributed by atoms with E-state index in [1.807, 2.05) is 13.0 Å². The molecule has 0 aliphatic heterocycles. The summed E-state index contributed by atoms with van der Waals surface area (Å²) in [5.41, 5.74) is 3.00. The number of allylic oxidation sites excluding steroid dienone is 2. The molecule has 1 aromatic carbocycles. The van der Waals surface area contributed by atoms with Crippen LogP contribution in [0.15, 0.2) is 64.7 Å². The van der Waals surface area contributed by atoms with Crippen molar-refractivity contribution in [2.24, 2.45) is 10.9 Å². The average molecular weight is 496 g/mol. The highest BCUT2D eigenvalue weighted by Gasteiger charge is 2.32. The third kappa shape index (κ3) is 5.59. The second-order valence-electron chi connectivity index (χ2n) is 8.33. The number of nitrogens with zero attached hydrogens (tertiary/aromatic N) is 5. The Morgan fingerprint density at radius 2 is 1.97 bits per heavy atom. The van der Waals surface area contributed by atoms with Crippen LogP contribution in [0.2, 0.25) is 0 Å². The molecule has 0 bridgehead atoms. The normalized spacial score (nSPS) is 14.5. The molecule has 1 aliphatic rings. The van der Waals surface area contributed by atoms with Gasteiger partial charge in [0.15, 0.2) is 17.5 Å². The summed E-state index contributed by atoms with van der Waals surface area (Å²) in [7, 11) is 1.59. The molecule has 1 saturated carbocycles. The topological polar surface area (TPSA) is 82.1 Å². The smallest absolute Gasteiger partial charge is 0.153 e. The van der Waals surface area contributed by atoms with Gasteiger partial charge in [0.2, 0.25) is 0 Å². The van der Waals surface area contributed by atoms with Crippen molar-refractivity contribution in [3.8, 4) is 0 Å². The van der Waals surface area contributed by atoms with Crippen LogP contribution in [0.25, 0.3) is 5.57 Å². The summed E-state index contributed by atoms with van der Waals surface area (Å²) >= 11 is 1.28. The summed E-state index contributed by atoms with van der Waals surface area (Å²) in [4.78, 5) is 15.1. The molecule has 2 heterocycles. The molecule has 182 valence electrons. The van der Waals surface area contributed by atoms with E-state index in [0.29, 0.717) is 33.6 Å². The summed E-state index contributed by atoms with van der Waals surface area (Å²) < 4.78 is 29.6. The summed E-state index contributed by atoms with van der Waals surface area (Å²) in [6.07, 6.45) is 6.87. The van der Waals surface area contributed by atoms with Crippen LogP contribution in [0, 0.1) is 24.5 Å². The van der Waals surface area contributed by atoms with Crippen molar-refractivity contribution in [1.29, 1.82) is 0 Å². The number of benzene rings is 1. The zero-order valence-corrected chi connectivity index (χ0v) is 20.9. The number of aliphatic imine (C=N–C) groups is 1. The van der Waals surface area contributed by atoms with Crippen molar-refractivity contribution in [3.63, 3.8) is 0 Å². The second kappa shape index (κ2) is 10.4. The Morgan fingerprint density at radius 3 is 2.51 bits per heavy atom. The van der Waals surface area contributed by atoms with E-state index in [1.54, 1.807) is 32.5 Å². The molecule has 1 fully saturated rings. The van der Waals surface area contributed by atoms with Crippen molar-refractivity contribution in [3.05, 3.63) is 77.8 Å². The maximum Gasteiger partial charge on any atom is 0.153 e. The molecule has 0 spiro atoms. The predicted octanol–water partition coefficient (Wildman–Crippen LogP) is 5.81. The molecular weight excluding hydrogens is 468 g/mol. The number of anilines is 2. The molecule has 3 aromatic rings. The number of aromatic nitrogens is 4. The molecule has 2 aromatic heterocycles. The molecule has 0 unspecified atom stereocenters. The Labute approximate surface area is 207 Å². The van der Waals surface area contributed by atoms with Gasteiger partial charge in [-0.3, -0.25) is 5.10 Å². The highest BCUT2D eigenvalue weighted by atomic mass is 32.2. The Morgan fingerprint density at radius 1 is 1.26 bits per heavy atom. The molecule has 35 heavy (non-hydrogen) atoms. The molecule has 2 N–H and O–H groups in total. The number of halogens is 2. The second-order valence-corrected chi connectivity index (χ2v) is 9.21. The summed E-state index contributed by atoms with van der Waals surface area (Å²) in [5, 5.41) is 10.5. The van der Waals surface area contributed by atoms with Crippen molar-refractivity contribution >= 4 is 34.7 Å². The Balaban J connectivity index is 1.80. The first kappa shape index (κ1) is 24.6. The minimum Gasteiger partial charge on any atom is -0.328 e. The minimum absolute atomic E-state index is 0.165. The minimum atomic E-state index is -0.652. The van der Waals surface area contributed by atoms with Crippen LogP contribution in [0.3, 0.4) is 0 Å². The van der Waals surface area contributed by atoms with Crippen molar-refractivity contribution < 1.29 is 8.78 Å². The molecule has 0 radical (unpaired) electrons. The molecule has 7 nitrogen and oxygen atoms in total. The average Bonchev–Trinajstić information content (AvgIpc) is 3.59. The number of aromatic amines is 1. The van der Waals surface area contributed by atoms with E-state index in [0.717, 1.165) is 24.1 Å². The third-order valence-electron chi connectivity index (χ3n) is 5.73. The van der Waals surface area contributed by atoms with E-state index < -0.39 is 11.6 Å². The number of amidine groups is 1. The van der Waals surface area contributed by atoms with Gasteiger partial charge in [-0.25, -0.2) is 23.7 Å². The van der Waals surface area contributed by atoms with Gasteiger partial charge in [-0.2, -0.15) is 5.10 Å². The van der Waals surface area contributed by atoms with Crippen LogP contribution < -0.4 is 10.2 Å². The van der Waals surface area contributed by atoms with Crippen LogP contribution in [-0.4, -0.2) is 39.3 Å². The number of rotatable bonds is 8. The van der Waals surface area contributed by atoms with Crippen molar-refractivity contribution in [2.75, 3.05) is 23.5 Å².